The average molecular weight is 320 g/mol. The number of rotatable bonds is 7. The van der Waals surface area contributed by atoms with Crippen LogP contribution in [0.3, 0.4) is 0 Å². The van der Waals surface area contributed by atoms with Crippen LogP contribution in [0.15, 0.2) is 24.3 Å². The molecule has 0 fully saturated rings. The van der Waals surface area contributed by atoms with Crippen LogP contribution < -0.4 is 5.32 Å². The van der Waals surface area contributed by atoms with Crippen molar-refractivity contribution in [2.75, 3.05) is 26.0 Å². The third kappa shape index (κ3) is 6.95. The molecule has 23 heavy (non-hydrogen) atoms. The molecule has 0 bridgehead atoms. The minimum Gasteiger partial charge on any atom is -0.456 e. The predicted octanol–water partition coefficient (Wildman–Crippen LogP) is 2.31. The minimum atomic E-state index is -0.408. The van der Waals surface area contributed by atoms with Crippen LogP contribution in [0.2, 0.25) is 0 Å². The summed E-state index contributed by atoms with van der Waals surface area (Å²) in [7, 11) is 3.34. The molecule has 0 aliphatic heterocycles. The first-order chi connectivity index (χ1) is 10.8. The smallest absolute Gasteiger partial charge is 0.306 e. The van der Waals surface area contributed by atoms with E-state index in [1.54, 1.807) is 38.4 Å². The van der Waals surface area contributed by atoms with Gasteiger partial charge in [0.05, 0.1) is 0 Å². The number of anilines is 1. The lowest BCUT2D eigenvalue weighted by Crippen LogP contribution is -2.22. The van der Waals surface area contributed by atoms with Crippen molar-refractivity contribution in [2.24, 2.45) is 5.92 Å². The summed E-state index contributed by atoms with van der Waals surface area (Å²) in [6.45, 7) is 3.73. The maximum atomic E-state index is 11.7. The number of nitrogens with one attached hydrogen (secondary N) is 1. The second-order valence-corrected chi connectivity index (χ2v) is 5.92. The molecule has 0 unspecified atom stereocenters. The van der Waals surface area contributed by atoms with Gasteiger partial charge in [0.1, 0.15) is 0 Å². The van der Waals surface area contributed by atoms with E-state index in [1.807, 2.05) is 13.8 Å². The van der Waals surface area contributed by atoms with Crippen molar-refractivity contribution < 1.29 is 19.1 Å². The molecule has 0 saturated heterocycles. The Kier molecular flexibility index (Phi) is 7.25. The molecular weight excluding hydrogens is 296 g/mol. The number of carbonyl (C=O) groups is 3. The fourth-order valence-electron chi connectivity index (χ4n) is 1.78. The summed E-state index contributed by atoms with van der Waals surface area (Å²) in [5.41, 5.74) is 1.08. The van der Waals surface area contributed by atoms with Gasteiger partial charge in [-0.2, -0.15) is 0 Å². The molecule has 2 amide bonds. The van der Waals surface area contributed by atoms with Crippen LogP contribution >= 0.6 is 0 Å². The summed E-state index contributed by atoms with van der Waals surface area (Å²) in [5.74, 6) is -0.475. The monoisotopic (exact) mass is 320 g/mol. The molecule has 0 radical (unpaired) electrons. The summed E-state index contributed by atoms with van der Waals surface area (Å²) in [5, 5.41) is 2.62. The van der Waals surface area contributed by atoms with Crippen LogP contribution in [0.5, 0.6) is 0 Å². The van der Waals surface area contributed by atoms with Gasteiger partial charge in [0.25, 0.3) is 11.8 Å². The highest BCUT2D eigenvalue weighted by molar-refractivity contribution is 5.96. The maximum absolute atomic E-state index is 11.7. The quantitative estimate of drug-likeness (QED) is 0.782. The van der Waals surface area contributed by atoms with Gasteiger partial charge in [-0.3, -0.25) is 14.4 Å². The molecule has 1 N–H and O–H groups in total. The maximum Gasteiger partial charge on any atom is 0.306 e. The van der Waals surface area contributed by atoms with Gasteiger partial charge in [-0.05, 0) is 36.6 Å². The first kappa shape index (κ1) is 18.7. The van der Waals surface area contributed by atoms with Gasteiger partial charge in [0, 0.05) is 31.8 Å². The molecule has 6 nitrogen and oxygen atoms in total. The third-order valence-electron chi connectivity index (χ3n) is 3.11. The number of amides is 2. The first-order valence-corrected chi connectivity index (χ1v) is 7.56. The molecule has 1 rings (SSSR count). The van der Waals surface area contributed by atoms with Crippen molar-refractivity contribution in [1.29, 1.82) is 0 Å². The van der Waals surface area contributed by atoms with Crippen LogP contribution in [0.1, 0.15) is 37.0 Å². The van der Waals surface area contributed by atoms with Crippen LogP contribution in [0.4, 0.5) is 5.69 Å². The number of benzene rings is 1. The molecule has 0 atom stereocenters. The second-order valence-electron chi connectivity index (χ2n) is 5.92. The van der Waals surface area contributed by atoms with Crippen LogP contribution in [-0.2, 0) is 14.3 Å². The van der Waals surface area contributed by atoms with Crippen molar-refractivity contribution in [3.8, 4) is 0 Å². The van der Waals surface area contributed by atoms with Gasteiger partial charge in [-0.15, -0.1) is 0 Å². The number of ether oxygens (including phenoxy) is 1. The van der Waals surface area contributed by atoms with Crippen molar-refractivity contribution in [2.45, 2.75) is 26.7 Å². The van der Waals surface area contributed by atoms with Gasteiger partial charge in [-0.1, -0.05) is 13.8 Å². The Morgan fingerprint density at radius 2 is 1.74 bits per heavy atom. The summed E-state index contributed by atoms with van der Waals surface area (Å²) >= 11 is 0. The Bertz CT molecular complexity index is 550. The van der Waals surface area contributed by atoms with E-state index in [2.05, 4.69) is 5.32 Å². The van der Waals surface area contributed by atoms with Gasteiger partial charge in [0.15, 0.2) is 6.61 Å². The van der Waals surface area contributed by atoms with E-state index < -0.39 is 5.91 Å². The number of hydrogen-bond acceptors (Lipinski definition) is 4. The van der Waals surface area contributed by atoms with Gasteiger partial charge in [0.2, 0.25) is 0 Å². The Morgan fingerprint density at radius 1 is 1.13 bits per heavy atom. The summed E-state index contributed by atoms with van der Waals surface area (Å²) in [4.78, 5) is 36.4. The molecule has 126 valence electrons. The van der Waals surface area contributed by atoms with Gasteiger partial charge >= 0.3 is 5.97 Å². The van der Waals surface area contributed by atoms with E-state index in [0.717, 1.165) is 6.42 Å². The Morgan fingerprint density at radius 3 is 2.26 bits per heavy atom. The molecular formula is C17H24N2O4. The average Bonchev–Trinajstić information content (AvgIpc) is 2.50. The molecule has 1 aromatic carbocycles. The molecule has 0 aliphatic rings. The van der Waals surface area contributed by atoms with Crippen LogP contribution in [0.25, 0.3) is 0 Å². The highest BCUT2D eigenvalue weighted by Crippen LogP contribution is 2.11. The lowest BCUT2D eigenvalue weighted by atomic mass is 10.1. The minimum absolute atomic E-state index is 0.109. The SMILES string of the molecule is CC(C)CCC(=O)OCC(=O)Nc1ccc(C(=O)N(C)C)cc1. The largest absolute Gasteiger partial charge is 0.456 e. The lowest BCUT2D eigenvalue weighted by Gasteiger charge is -2.11. The molecule has 0 saturated carbocycles. The van der Waals surface area contributed by atoms with E-state index >= 15 is 0 Å². The molecule has 6 heteroatoms. The lowest BCUT2D eigenvalue weighted by molar-refractivity contribution is -0.147. The number of esters is 1. The zero-order valence-corrected chi connectivity index (χ0v) is 14.1. The number of nitrogens with zero attached hydrogens (tertiary/aromatic N) is 1. The van der Waals surface area contributed by atoms with Crippen molar-refractivity contribution in [3.05, 3.63) is 29.8 Å². The summed E-state index contributed by atoms with van der Waals surface area (Å²) in [6.07, 6.45) is 1.05. The Labute approximate surface area is 136 Å². The summed E-state index contributed by atoms with van der Waals surface area (Å²) in [6, 6.07) is 6.53. The summed E-state index contributed by atoms with van der Waals surface area (Å²) < 4.78 is 4.91. The van der Waals surface area contributed by atoms with Crippen molar-refractivity contribution in [3.63, 3.8) is 0 Å². The molecule has 1 aromatic rings. The van der Waals surface area contributed by atoms with Crippen molar-refractivity contribution >= 4 is 23.5 Å². The Hall–Kier alpha value is -2.37. The second kappa shape index (κ2) is 8.92. The molecule has 0 aromatic heterocycles. The van der Waals surface area contributed by atoms with E-state index in [4.69, 9.17) is 4.74 Å². The van der Waals surface area contributed by atoms with Crippen LogP contribution in [-0.4, -0.2) is 43.4 Å². The van der Waals surface area contributed by atoms with Crippen LogP contribution in [0, 0.1) is 5.92 Å². The van der Waals surface area contributed by atoms with Gasteiger partial charge < -0.3 is 15.0 Å². The fraction of sp³-hybridized carbons (Fsp3) is 0.471. The molecule has 0 aliphatic carbocycles. The van der Waals surface area contributed by atoms with E-state index in [9.17, 15) is 14.4 Å². The number of hydrogen-bond donors (Lipinski definition) is 1. The molecule has 0 heterocycles. The molecule has 0 spiro atoms. The van der Waals surface area contributed by atoms with Gasteiger partial charge in [-0.25, -0.2) is 0 Å². The Balaban J connectivity index is 2.42. The number of carbonyl (C=O) groups excluding carboxylic acids is 3. The zero-order chi connectivity index (χ0) is 17.4. The zero-order valence-electron chi connectivity index (χ0n) is 14.1. The predicted molar refractivity (Wildman–Crippen MR) is 88.1 cm³/mol. The van der Waals surface area contributed by atoms with E-state index in [0.29, 0.717) is 23.6 Å². The van der Waals surface area contributed by atoms with E-state index in [1.165, 1.54) is 4.90 Å². The topological polar surface area (TPSA) is 75.7 Å². The van der Waals surface area contributed by atoms with Crippen molar-refractivity contribution in [1.82, 2.24) is 4.90 Å². The highest BCUT2D eigenvalue weighted by atomic mass is 16.5. The standard InChI is InChI=1S/C17H24N2O4/c1-12(2)5-10-16(21)23-11-15(20)18-14-8-6-13(7-9-14)17(22)19(3)4/h6-9,12H,5,10-11H2,1-4H3,(H,18,20). The first-order valence-electron chi connectivity index (χ1n) is 7.56. The fourth-order valence-corrected chi connectivity index (χ4v) is 1.78. The highest BCUT2D eigenvalue weighted by Gasteiger charge is 2.10. The normalized spacial score (nSPS) is 10.3. The third-order valence-corrected chi connectivity index (χ3v) is 3.11. The van der Waals surface area contributed by atoms with E-state index in [-0.39, 0.29) is 18.5 Å².